The zero-order valence-corrected chi connectivity index (χ0v) is 11.2. The second-order valence-electron chi connectivity index (χ2n) is 4.70. The maximum absolute atomic E-state index is 4.14. The number of hydrogen-bond donors (Lipinski definition) is 1. The van der Waals surface area contributed by atoms with Crippen molar-refractivity contribution in [1.29, 1.82) is 0 Å². The van der Waals surface area contributed by atoms with E-state index in [0.29, 0.717) is 6.04 Å². The van der Waals surface area contributed by atoms with Crippen LogP contribution in [0, 0.1) is 0 Å². The van der Waals surface area contributed by atoms with Gasteiger partial charge in [-0.2, -0.15) is 5.10 Å². The summed E-state index contributed by atoms with van der Waals surface area (Å²) in [5.41, 5.74) is 2.18. The van der Waals surface area contributed by atoms with E-state index in [9.17, 15) is 0 Å². The zero-order valence-electron chi connectivity index (χ0n) is 11.2. The summed E-state index contributed by atoms with van der Waals surface area (Å²) in [5, 5.41) is 15.7. The second-order valence-corrected chi connectivity index (χ2v) is 4.70. The van der Waals surface area contributed by atoms with Gasteiger partial charge in [-0.05, 0) is 6.07 Å². The highest BCUT2D eigenvalue weighted by Gasteiger charge is 2.03. The number of aromatic nitrogens is 5. The highest BCUT2D eigenvalue weighted by atomic mass is 15.4. The largest absolute Gasteiger partial charge is 0.309 e. The second kappa shape index (κ2) is 5.77. The quantitative estimate of drug-likeness (QED) is 0.819. The Morgan fingerprint density at radius 1 is 1.39 bits per heavy atom. The standard InChI is InChI=1S/C12H20N6/c1-10(2)13-8-11-9-18(16-15-11)7-5-12-4-6-14-17(12)3/h4,6,9-10,13H,5,7-8H2,1-3H3. The molecule has 98 valence electrons. The summed E-state index contributed by atoms with van der Waals surface area (Å²) in [6, 6.07) is 2.49. The summed E-state index contributed by atoms with van der Waals surface area (Å²) in [7, 11) is 1.95. The first kappa shape index (κ1) is 12.8. The lowest BCUT2D eigenvalue weighted by Gasteiger charge is -2.04. The Balaban J connectivity index is 1.85. The van der Waals surface area contributed by atoms with E-state index < -0.39 is 0 Å². The van der Waals surface area contributed by atoms with Gasteiger partial charge in [0.25, 0.3) is 0 Å². The van der Waals surface area contributed by atoms with Crippen molar-refractivity contribution in [3.05, 3.63) is 29.8 Å². The van der Waals surface area contributed by atoms with E-state index in [1.165, 1.54) is 5.69 Å². The van der Waals surface area contributed by atoms with Crippen LogP contribution in [0.25, 0.3) is 0 Å². The van der Waals surface area contributed by atoms with Crippen LogP contribution in [0.15, 0.2) is 18.5 Å². The maximum Gasteiger partial charge on any atom is 0.0964 e. The van der Waals surface area contributed by atoms with E-state index in [1.54, 1.807) is 0 Å². The fourth-order valence-electron chi connectivity index (χ4n) is 1.71. The van der Waals surface area contributed by atoms with Crippen molar-refractivity contribution in [1.82, 2.24) is 30.1 Å². The first-order chi connectivity index (χ1) is 8.65. The van der Waals surface area contributed by atoms with E-state index in [-0.39, 0.29) is 0 Å². The molecule has 0 aliphatic rings. The predicted molar refractivity (Wildman–Crippen MR) is 68.9 cm³/mol. The van der Waals surface area contributed by atoms with Gasteiger partial charge in [0.2, 0.25) is 0 Å². The number of nitrogens with one attached hydrogen (secondary N) is 1. The van der Waals surface area contributed by atoms with Crippen molar-refractivity contribution >= 4 is 0 Å². The van der Waals surface area contributed by atoms with Gasteiger partial charge in [-0.25, -0.2) is 0 Å². The number of nitrogens with zero attached hydrogens (tertiary/aromatic N) is 5. The molecule has 18 heavy (non-hydrogen) atoms. The molecule has 0 fully saturated rings. The molecule has 0 unspecified atom stereocenters. The Bertz CT molecular complexity index is 484. The molecule has 6 heteroatoms. The van der Waals surface area contributed by atoms with Crippen LogP contribution < -0.4 is 5.32 Å². The van der Waals surface area contributed by atoms with Crippen molar-refractivity contribution in [2.24, 2.45) is 7.05 Å². The van der Waals surface area contributed by atoms with Gasteiger partial charge in [-0.1, -0.05) is 19.1 Å². The molecule has 2 aromatic rings. The van der Waals surface area contributed by atoms with Crippen molar-refractivity contribution in [2.45, 2.75) is 39.4 Å². The molecule has 6 nitrogen and oxygen atoms in total. The first-order valence-corrected chi connectivity index (χ1v) is 6.24. The van der Waals surface area contributed by atoms with Gasteiger partial charge in [-0.3, -0.25) is 9.36 Å². The van der Waals surface area contributed by atoms with Gasteiger partial charge < -0.3 is 5.32 Å². The minimum Gasteiger partial charge on any atom is -0.309 e. The highest BCUT2D eigenvalue weighted by molar-refractivity contribution is 5.00. The van der Waals surface area contributed by atoms with Crippen molar-refractivity contribution in [2.75, 3.05) is 0 Å². The average molecular weight is 248 g/mol. The molecule has 0 saturated carbocycles. The van der Waals surface area contributed by atoms with Gasteiger partial charge >= 0.3 is 0 Å². The van der Waals surface area contributed by atoms with Crippen LogP contribution in [0.3, 0.4) is 0 Å². The molecule has 2 aromatic heterocycles. The van der Waals surface area contributed by atoms with Crippen molar-refractivity contribution in [3.8, 4) is 0 Å². The molecule has 0 amide bonds. The average Bonchev–Trinajstić information content (AvgIpc) is 2.93. The van der Waals surface area contributed by atoms with E-state index in [2.05, 4.69) is 34.6 Å². The molecule has 1 N–H and O–H groups in total. The normalized spacial score (nSPS) is 11.3. The predicted octanol–water partition coefficient (Wildman–Crippen LogP) is 0.752. The monoisotopic (exact) mass is 248 g/mol. The molecule has 0 aliphatic heterocycles. The SMILES string of the molecule is CC(C)NCc1cn(CCc2ccnn2C)nn1. The summed E-state index contributed by atoms with van der Waals surface area (Å²) in [5.74, 6) is 0. The molecular formula is C12H20N6. The highest BCUT2D eigenvalue weighted by Crippen LogP contribution is 2.00. The van der Waals surface area contributed by atoms with Gasteiger partial charge in [0, 0.05) is 50.7 Å². The molecule has 0 atom stereocenters. The minimum absolute atomic E-state index is 0.463. The summed E-state index contributed by atoms with van der Waals surface area (Å²) < 4.78 is 3.77. The molecule has 2 heterocycles. The number of rotatable bonds is 6. The minimum atomic E-state index is 0.463. The van der Waals surface area contributed by atoms with Crippen LogP contribution in [0.4, 0.5) is 0 Å². The van der Waals surface area contributed by atoms with Gasteiger partial charge in [0.05, 0.1) is 5.69 Å². The molecule has 0 aliphatic carbocycles. The molecule has 0 spiro atoms. The third-order valence-corrected chi connectivity index (χ3v) is 2.80. The molecule has 0 saturated heterocycles. The molecule has 0 radical (unpaired) electrons. The Kier molecular flexibility index (Phi) is 4.09. The smallest absolute Gasteiger partial charge is 0.0964 e. The van der Waals surface area contributed by atoms with Gasteiger partial charge in [0.1, 0.15) is 0 Å². The van der Waals surface area contributed by atoms with Crippen molar-refractivity contribution in [3.63, 3.8) is 0 Å². The fraction of sp³-hybridized carbons (Fsp3) is 0.583. The lowest BCUT2D eigenvalue weighted by atomic mass is 10.3. The molecule has 0 bridgehead atoms. The van der Waals surface area contributed by atoms with Gasteiger partial charge in [-0.15, -0.1) is 5.10 Å². The summed E-state index contributed by atoms with van der Waals surface area (Å²) in [6.45, 7) is 5.83. The number of hydrogen-bond acceptors (Lipinski definition) is 4. The molecule has 2 rings (SSSR count). The Morgan fingerprint density at radius 3 is 2.89 bits per heavy atom. The van der Waals surface area contributed by atoms with Crippen LogP contribution in [0.2, 0.25) is 0 Å². The van der Waals surface area contributed by atoms with E-state index in [1.807, 2.05) is 34.9 Å². The van der Waals surface area contributed by atoms with Gasteiger partial charge in [0.15, 0.2) is 0 Å². The lowest BCUT2D eigenvalue weighted by Crippen LogP contribution is -2.21. The van der Waals surface area contributed by atoms with E-state index in [4.69, 9.17) is 0 Å². The van der Waals surface area contributed by atoms with E-state index in [0.717, 1.165) is 25.2 Å². The molecule has 0 aromatic carbocycles. The van der Waals surface area contributed by atoms with Crippen LogP contribution in [0.1, 0.15) is 25.2 Å². The Labute approximate surface area is 107 Å². The molecular weight excluding hydrogens is 228 g/mol. The van der Waals surface area contributed by atoms with Crippen LogP contribution in [-0.4, -0.2) is 30.8 Å². The van der Waals surface area contributed by atoms with Crippen LogP contribution >= 0.6 is 0 Å². The third kappa shape index (κ3) is 3.40. The van der Waals surface area contributed by atoms with Crippen molar-refractivity contribution < 1.29 is 0 Å². The summed E-state index contributed by atoms with van der Waals surface area (Å²) >= 11 is 0. The number of aryl methyl sites for hydroxylation is 3. The maximum atomic E-state index is 4.14. The zero-order chi connectivity index (χ0) is 13.0. The first-order valence-electron chi connectivity index (χ1n) is 6.24. The third-order valence-electron chi connectivity index (χ3n) is 2.80. The van der Waals surface area contributed by atoms with Crippen LogP contribution in [0.5, 0.6) is 0 Å². The Hall–Kier alpha value is -1.69. The summed E-state index contributed by atoms with van der Waals surface area (Å²) in [6.07, 6.45) is 4.72. The summed E-state index contributed by atoms with van der Waals surface area (Å²) in [4.78, 5) is 0. The van der Waals surface area contributed by atoms with E-state index >= 15 is 0 Å². The van der Waals surface area contributed by atoms with Crippen LogP contribution in [-0.2, 0) is 26.6 Å². The topological polar surface area (TPSA) is 60.6 Å². The Morgan fingerprint density at radius 2 is 2.22 bits per heavy atom. The lowest BCUT2D eigenvalue weighted by molar-refractivity contribution is 0.566. The fourth-order valence-corrected chi connectivity index (χ4v) is 1.71.